The van der Waals surface area contributed by atoms with Gasteiger partial charge in [0.1, 0.15) is 0 Å². The zero-order valence-electron chi connectivity index (χ0n) is 14.3. The molecule has 25 heavy (non-hydrogen) atoms. The van der Waals surface area contributed by atoms with Crippen molar-refractivity contribution in [1.29, 1.82) is 0 Å². The van der Waals surface area contributed by atoms with E-state index in [9.17, 15) is 18.0 Å². The van der Waals surface area contributed by atoms with Gasteiger partial charge >= 0.3 is 0 Å². The predicted octanol–water partition coefficient (Wildman–Crippen LogP) is 0.425. The molecule has 1 aromatic rings. The van der Waals surface area contributed by atoms with E-state index in [2.05, 4.69) is 10.0 Å². The Morgan fingerprint density at radius 1 is 1.28 bits per heavy atom. The highest BCUT2D eigenvalue weighted by Crippen LogP contribution is 2.17. The minimum absolute atomic E-state index is 0.0252. The number of anilines is 1. The minimum Gasteiger partial charge on any atom is -0.377 e. The van der Waals surface area contributed by atoms with Crippen LogP contribution < -0.4 is 10.0 Å². The van der Waals surface area contributed by atoms with E-state index in [0.29, 0.717) is 31.0 Å². The fraction of sp³-hybridized carbons (Fsp3) is 0.500. The molecule has 1 aliphatic rings. The molecule has 138 valence electrons. The van der Waals surface area contributed by atoms with Crippen molar-refractivity contribution in [2.24, 2.45) is 0 Å². The van der Waals surface area contributed by atoms with Crippen LogP contribution in [0.2, 0.25) is 0 Å². The molecular formula is C16H23N3O5S. The summed E-state index contributed by atoms with van der Waals surface area (Å²) >= 11 is 0. The minimum atomic E-state index is -3.36. The lowest BCUT2D eigenvalue weighted by molar-refractivity contribution is -0.123. The first kappa shape index (κ1) is 19.2. The Hall–Kier alpha value is -2.13. The second-order valence-corrected chi connectivity index (χ2v) is 7.70. The molecule has 9 heteroatoms. The van der Waals surface area contributed by atoms with E-state index in [4.69, 9.17) is 4.74 Å². The fourth-order valence-electron chi connectivity index (χ4n) is 2.51. The third kappa shape index (κ3) is 5.17. The Morgan fingerprint density at radius 3 is 2.56 bits per heavy atom. The van der Waals surface area contributed by atoms with Crippen LogP contribution in [0.25, 0.3) is 0 Å². The van der Waals surface area contributed by atoms with E-state index in [1.54, 1.807) is 43.1 Å². The van der Waals surface area contributed by atoms with Crippen LogP contribution in [0.3, 0.4) is 0 Å². The zero-order chi connectivity index (χ0) is 18.4. The lowest BCUT2D eigenvalue weighted by atomic mass is 10.1. The number of morpholine rings is 1. The molecule has 1 fully saturated rings. The van der Waals surface area contributed by atoms with E-state index in [1.807, 2.05) is 0 Å². The molecule has 1 saturated heterocycles. The molecule has 1 unspecified atom stereocenters. The zero-order valence-corrected chi connectivity index (χ0v) is 15.1. The first-order valence-corrected chi connectivity index (χ1v) is 9.71. The van der Waals surface area contributed by atoms with Crippen molar-refractivity contribution in [2.45, 2.75) is 19.4 Å². The topological polar surface area (TPSA) is 105 Å². The number of amides is 2. The number of carbonyl (C=O) groups is 2. The Labute approximate surface area is 147 Å². The smallest absolute Gasteiger partial charge is 0.254 e. The highest BCUT2D eigenvalue weighted by molar-refractivity contribution is 7.92. The van der Waals surface area contributed by atoms with Crippen molar-refractivity contribution in [1.82, 2.24) is 10.2 Å². The van der Waals surface area contributed by atoms with Gasteiger partial charge in [0.2, 0.25) is 15.9 Å². The fourth-order valence-corrected chi connectivity index (χ4v) is 3.15. The van der Waals surface area contributed by atoms with Gasteiger partial charge < -0.3 is 15.0 Å². The van der Waals surface area contributed by atoms with Gasteiger partial charge in [0.15, 0.2) is 0 Å². The second kappa shape index (κ2) is 8.30. The molecule has 1 heterocycles. The number of sulfonamides is 1. The summed E-state index contributed by atoms with van der Waals surface area (Å²) in [5, 5.41) is 2.55. The van der Waals surface area contributed by atoms with Crippen molar-refractivity contribution in [2.75, 3.05) is 37.3 Å². The third-order valence-electron chi connectivity index (χ3n) is 3.97. The van der Waals surface area contributed by atoms with Crippen LogP contribution >= 0.6 is 0 Å². The standard InChI is InChI=1S/C16H23N3O5S/c1-3-25(22,23)18-13-6-4-12(5-7-13)16(21)19-8-9-24-11-14(19)10-15(20)17-2/h4-7,14,18H,3,8-11H2,1-2H3,(H,17,20). The van der Waals surface area contributed by atoms with E-state index >= 15 is 0 Å². The van der Waals surface area contributed by atoms with E-state index in [1.165, 1.54) is 0 Å². The number of hydrogen-bond donors (Lipinski definition) is 2. The van der Waals surface area contributed by atoms with E-state index in [-0.39, 0.29) is 30.0 Å². The molecule has 8 nitrogen and oxygen atoms in total. The molecule has 2 amide bonds. The van der Waals surface area contributed by atoms with Crippen LogP contribution in [0.1, 0.15) is 23.7 Å². The quantitative estimate of drug-likeness (QED) is 0.756. The van der Waals surface area contributed by atoms with Gasteiger partial charge in [0, 0.05) is 31.3 Å². The summed E-state index contributed by atoms with van der Waals surface area (Å²) in [6.07, 6.45) is 0.177. The second-order valence-electron chi connectivity index (χ2n) is 5.69. The molecule has 0 aromatic heterocycles. The van der Waals surface area contributed by atoms with Gasteiger partial charge in [-0.1, -0.05) is 0 Å². The third-order valence-corrected chi connectivity index (χ3v) is 5.28. The Morgan fingerprint density at radius 2 is 1.96 bits per heavy atom. The molecular weight excluding hydrogens is 346 g/mol. The molecule has 0 saturated carbocycles. The van der Waals surface area contributed by atoms with Crippen LogP contribution in [0.15, 0.2) is 24.3 Å². The van der Waals surface area contributed by atoms with Crippen molar-refractivity contribution >= 4 is 27.5 Å². The number of hydrogen-bond acceptors (Lipinski definition) is 5. The number of ether oxygens (including phenoxy) is 1. The van der Waals surface area contributed by atoms with Gasteiger partial charge in [0.05, 0.1) is 25.0 Å². The van der Waals surface area contributed by atoms with Gasteiger partial charge in [-0.3, -0.25) is 14.3 Å². The van der Waals surface area contributed by atoms with Crippen molar-refractivity contribution in [3.8, 4) is 0 Å². The molecule has 0 aliphatic carbocycles. The highest BCUT2D eigenvalue weighted by atomic mass is 32.2. The lowest BCUT2D eigenvalue weighted by Crippen LogP contribution is -2.50. The summed E-state index contributed by atoms with van der Waals surface area (Å²) in [7, 11) is -1.81. The number of rotatable bonds is 6. The summed E-state index contributed by atoms with van der Waals surface area (Å²) in [4.78, 5) is 26.0. The van der Waals surface area contributed by atoms with Crippen LogP contribution in [0.4, 0.5) is 5.69 Å². The number of nitrogens with one attached hydrogen (secondary N) is 2. The largest absolute Gasteiger partial charge is 0.377 e. The van der Waals surface area contributed by atoms with Crippen LogP contribution in [-0.4, -0.2) is 63.7 Å². The first-order valence-electron chi connectivity index (χ1n) is 8.06. The number of carbonyl (C=O) groups excluding carboxylic acids is 2. The molecule has 0 bridgehead atoms. The molecule has 0 spiro atoms. The predicted molar refractivity (Wildman–Crippen MR) is 93.9 cm³/mol. The maximum Gasteiger partial charge on any atom is 0.254 e. The van der Waals surface area contributed by atoms with Gasteiger partial charge in [-0.2, -0.15) is 0 Å². The molecule has 1 aromatic carbocycles. The summed E-state index contributed by atoms with van der Waals surface area (Å²) in [5.74, 6) is -0.387. The van der Waals surface area contributed by atoms with Crippen molar-refractivity contribution < 1.29 is 22.7 Å². The monoisotopic (exact) mass is 369 g/mol. The van der Waals surface area contributed by atoms with E-state index < -0.39 is 10.0 Å². The Balaban J connectivity index is 2.11. The summed E-state index contributed by atoms with van der Waals surface area (Å²) < 4.78 is 31.0. The highest BCUT2D eigenvalue weighted by Gasteiger charge is 2.29. The van der Waals surface area contributed by atoms with Crippen molar-refractivity contribution in [3.63, 3.8) is 0 Å². The van der Waals surface area contributed by atoms with Gasteiger partial charge in [-0.05, 0) is 31.2 Å². The van der Waals surface area contributed by atoms with Gasteiger partial charge in [-0.25, -0.2) is 8.42 Å². The molecule has 2 N–H and O–H groups in total. The average molecular weight is 369 g/mol. The number of benzene rings is 1. The SMILES string of the molecule is CCS(=O)(=O)Nc1ccc(C(=O)N2CCOCC2CC(=O)NC)cc1. The van der Waals surface area contributed by atoms with Crippen LogP contribution in [-0.2, 0) is 19.6 Å². The molecule has 0 radical (unpaired) electrons. The average Bonchev–Trinajstić information content (AvgIpc) is 2.62. The van der Waals surface area contributed by atoms with Crippen LogP contribution in [0, 0.1) is 0 Å². The summed E-state index contributed by atoms with van der Waals surface area (Å²) in [6, 6.07) is 5.92. The maximum absolute atomic E-state index is 12.7. The maximum atomic E-state index is 12.7. The summed E-state index contributed by atoms with van der Waals surface area (Å²) in [6.45, 7) is 2.69. The van der Waals surface area contributed by atoms with Gasteiger partial charge in [-0.15, -0.1) is 0 Å². The first-order chi connectivity index (χ1) is 11.9. The molecule has 1 atom stereocenters. The van der Waals surface area contributed by atoms with Crippen molar-refractivity contribution in [3.05, 3.63) is 29.8 Å². The molecule has 1 aliphatic heterocycles. The summed E-state index contributed by atoms with van der Waals surface area (Å²) in [5.41, 5.74) is 0.838. The van der Waals surface area contributed by atoms with Crippen LogP contribution in [0.5, 0.6) is 0 Å². The van der Waals surface area contributed by atoms with Gasteiger partial charge in [0.25, 0.3) is 5.91 Å². The molecule has 2 rings (SSSR count). The lowest BCUT2D eigenvalue weighted by Gasteiger charge is -2.35. The Kier molecular flexibility index (Phi) is 6.38. The number of nitrogens with zero attached hydrogens (tertiary/aromatic N) is 1. The normalized spacial score (nSPS) is 17.8. The Bertz CT molecular complexity index is 718. The van der Waals surface area contributed by atoms with E-state index in [0.717, 1.165) is 0 Å².